The molecule has 0 saturated carbocycles. The van der Waals surface area contributed by atoms with Crippen LogP contribution in [0.3, 0.4) is 0 Å². The van der Waals surface area contributed by atoms with E-state index >= 15 is 0 Å². The highest BCUT2D eigenvalue weighted by Gasteiger charge is 2.11. The largest absolute Gasteiger partial charge is 0.385 e. The summed E-state index contributed by atoms with van der Waals surface area (Å²) in [5, 5.41) is 7.11. The maximum Gasteiger partial charge on any atom is 0.0344 e. The molecule has 2 unspecified atom stereocenters. The molecule has 112 valence electrons. The molecule has 2 atom stereocenters. The molecule has 0 spiro atoms. The number of nitrogens with one attached hydrogen (secondary N) is 2. The van der Waals surface area contributed by atoms with Gasteiger partial charge in [-0.25, -0.2) is 0 Å². The molecular weight excluding hydrogens is 256 g/mol. The smallest absolute Gasteiger partial charge is 0.0344 e. The summed E-state index contributed by atoms with van der Waals surface area (Å²) in [6.07, 6.45) is 0. The average Bonchev–Trinajstić information content (AvgIpc) is 2.45. The van der Waals surface area contributed by atoms with Gasteiger partial charge in [-0.1, -0.05) is 31.2 Å². The minimum absolute atomic E-state index is 0.420. The Labute approximate surface area is 128 Å². The molecule has 2 heteroatoms. The van der Waals surface area contributed by atoms with Crippen LogP contribution in [0.2, 0.25) is 0 Å². The van der Waals surface area contributed by atoms with Crippen molar-refractivity contribution in [2.45, 2.75) is 33.7 Å². The van der Waals surface area contributed by atoms with Gasteiger partial charge in [0.1, 0.15) is 0 Å². The van der Waals surface area contributed by atoms with Gasteiger partial charge < -0.3 is 10.6 Å². The number of benzene rings is 2. The standard InChI is InChI=1S/C19H26N2/c1-14-7-5-9-18(11-14)20-13-16(3)17(4)21-19-10-6-8-15(2)12-19/h5-12,16-17,20-21H,13H2,1-4H3. The monoisotopic (exact) mass is 282 g/mol. The highest BCUT2D eigenvalue weighted by molar-refractivity contribution is 5.47. The fourth-order valence-electron chi connectivity index (χ4n) is 2.35. The molecule has 0 radical (unpaired) electrons. The van der Waals surface area contributed by atoms with E-state index < -0.39 is 0 Å². The van der Waals surface area contributed by atoms with Crippen molar-refractivity contribution in [2.24, 2.45) is 5.92 Å². The lowest BCUT2D eigenvalue weighted by Crippen LogP contribution is -2.29. The fraction of sp³-hybridized carbons (Fsp3) is 0.368. The molecule has 2 aromatic carbocycles. The Morgan fingerprint density at radius 3 is 2.05 bits per heavy atom. The topological polar surface area (TPSA) is 24.1 Å². The van der Waals surface area contributed by atoms with Gasteiger partial charge in [0.25, 0.3) is 0 Å². The molecule has 0 fully saturated rings. The lowest BCUT2D eigenvalue weighted by atomic mass is 10.0. The number of hydrogen-bond acceptors (Lipinski definition) is 2. The van der Waals surface area contributed by atoms with Crippen LogP contribution in [0.15, 0.2) is 48.5 Å². The van der Waals surface area contributed by atoms with E-state index in [0.29, 0.717) is 12.0 Å². The third kappa shape index (κ3) is 4.82. The van der Waals surface area contributed by atoms with E-state index in [1.807, 2.05) is 0 Å². The maximum atomic E-state index is 3.59. The van der Waals surface area contributed by atoms with Gasteiger partial charge >= 0.3 is 0 Å². The first kappa shape index (κ1) is 15.4. The highest BCUT2D eigenvalue weighted by Crippen LogP contribution is 2.16. The molecule has 0 heterocycles. The molecule has 2 N–H and O–H groups in total. The SMILES string of the molecule is Cc1cccc(NCC(C)C(C)Nc2cccc(C)c2)c1. The first-order valence-electron chi connectivity index (χ1n) is 7.68. The zero-order chi connectivity index (χ0) is 15.2. The molecule has 0 amide bonds. The summed E-state index contributed by atoms with van der Waals surface area (Å²) in [7, 11) is 0. The number of aryl methyl sites for hydroxylation is 2. The molecule has 2 rings (SSSR count). The van der Waals surface area contributed by atoms with Crippen molar-refractivity contribution < 1.29 is 0 Å². The lowest BCUT2D eigenvalue weighted by Gasteiger charge is -2.23. The van der Waals surface area contributed by atoms with E-state index in [1.54, 1.807) is 0 Å². The van der Waals surface area contributed by atoms with Gasteiger partial charge in [-0.3, -0.25) is 0 Å². The molecule has 0 bridgehead atoms. The molecule has 21 heavy (non-hydrogen) atoms. The highest BCUT2D eigenvalue weighted by atomic mass is 14.9. The fourth-order valence-corrected chi connectivity index (χ4v) is 2.35. The van der Waals surface area contributed by atoms with E-state index in [9.17, 15) is 0 Å². The van der Waals surface area contributed by atoms with Crippen molar-refractivity contribution in [1.29, 1.82) is 0 Å². The van der Waals surface area contributed by atoms with Gasteiger partial charge in [-0.15, -0.1) is 0 Å². The van der Waals surface area contributed by atoms with Gasteiger partial charge in [0.2, 0.25) is 0 Å². The summed E-state index contributed by atoms with van der Waals surface area (Å²) in [5.41, 5.74) is 4.98. The normalized spacial score (nSPS) is 13.5. The van der Waals surface area contributed by atoms with E-state index in [-0.39, 0.29) is 0 Å². The second-order valence-electron chi connectivity index (χ2n) is 6.03. The first-order chi connectivity index (χ1) is 10.0. The number of hydrogen-bond donors (Lipinski definition) is 2. The maximum absolute atomic E-state index is 3.59. The Kier molecular flexibility index (Phi) is 5.26. The average molecular weight is 282 g/mol. The summed E-state index contributed by atoms with van der Waals surface area (Å²) in [6.45, 7) is 9.72. The number of anilines is 2. The molecule has 0 saturated heterocycles. The van der Waals surface area contributed by atoms with Gasteiger partial charge in [0, 0.05) is 24.0 Å². The minimum Gasteiger partial charge on any atom is -0.385 e. The van der Waals surface area contributed by atoms with Crippen molar-refractivity contribution in [3.63, 3.8) is 0 Å². The number of rotatable bonds is 6. The minimum atomic E-state index is 0.420. The van der Waals surface area contributed by atoms with Crippen molar-refractivity contribution in [1.82, 2.24) is 0 Å². The Morgan fingerprint density at radius 2 is 1.43 bits per heavy atom. The Hall–Kier alpha value is -1.96. The van der Waals surface area contributed by atoms with E-state index in [1.165, 1.54) is 22.5 Å². The van der Waals surface area contributed by atoms with Gasteiger partial charge in [-0.2, -0.15) is 0 Å². The second-order valence-corrected chi connectivity index (χ2v) is 6.03. The Morgan fingerprint density at radius 1 is 0.857 bits per heavy atom. The molecule has 0 aliphatic heterocycles. The van der Waals surface area contributed by atoms with Crippen LogP contribution in [0.25, 0.3) is 0 Å². The van der Waals surface area contributed by atoms with Crippen LogP contribution in [0.5, 0.6) is 0 Å². The summed E-state index contributed by atoms with van der Waals surface area (Å²) >= 11 is 0. The van der Waals surface area contributed by atoms with Gasteiger partial charge in [0.05, 0.1) is 0 Å². The first-order valence-corrected chi connectivity index (χ1v) is 7.68. The molecule has 0 aromatic heterocycles. The third-order valence-corrected chi connectivity index (χ3v) is 3.91. The predicted molar refractivity (Wildman–Crippen MR) is 93.1 cm³/mol. The Balaban J connectivity index is 1.86. The van der Waals surface area contributed by atoms with Crippen LogP contribution in [0.1, 0.15) is 25.0 Å². The van der Waals surface area contributed by atoms with Crippen LogP contribution in [0, 0.1) is 19.8 Å². The van der Waals surface area contributed by atoms with Crippen LogP contribution in [0.4, 0.5) is 11.4 Å². The van der Waals surface area contributed by atoms with Crippen molar-refractivity contribution in [2.75, 3.05) is 17.2 Å². The van der Waals surface area contributed by atoms with Crippen molar-refractivity contribution >= 4 is 11.4 Å². The van der Waals surface area contributed by atoms with E-state index in [2.05, 4.69) is 86.9 Å². The molecule has 2 aromatic rings. The molecule has 0 aliphatic rings. The Bertz CT molecular complexity index is 577. The van der Waals surface area contributed by atoms with Crippen molar-refractivity contribution in [3.05, 3.63) is 59.7 Å². The van der Waals surface area contributed by atoms with Gasteiger partial charge in [0.15, 0.2) is 0 Å². The van der Waals surface area contributed by atoms with Gasteiger partial charge in [-0.05, 0) is 62.1 Å². The summed E-state index contributed by atoms with van der Waals surface area (Å²) in [4.78, 5) is 0. The summed E-state index contributed by atoms with van der Waals surface area (Å²) in [6, 6.07) is 17.5. The summed E-state index contributed by atoms with van der Waals surface area (Å²) in [5.74, 6) is 0.533. The van der Waals surface area contributed by atoms with E-state index in [4.69, 9.17) is 0 Å². The zero-order valence-corrected chi connectivity index (χ0v) is 13.5. The van der Waals surface area contributed by atoms with Crippen LogP contribution < -0.4 is 10.6 Å². The van der Waals surface area contributed by atoms with Crippen LogP contribution in [-0.4, -0.2) is 12.6 Å². The molecule has 2 nitrogen and oxygen atoms in total. The van der Waals surface area contributed by atoms with Crippen LogP contribution in [-0.2, 0) is 0 Å². The lowest BCUT2D eigenvalue weighted by molar-refractivity contribution is 0.535. The van der Waals surface area contributed by atoms with Crippen LogP contribution >= 0.6 is 0 Å². The molecule has 0 aliphatic carbocycles. The zero-order valence-electron chi connectivity index (χ0n) is 13.5. The quantitative estimate of drug-likeness (QED) is 0.791. The predicted octanol–water partition coefficient (Wildman–Crippen LogP) is 4.85. The third-order valence-electron chi connectivity index (χ3n) is 3.91. The van der Waals surface area contributed by atoms with Crippen molar-refractivity contribution in [3.8, 4) is 0 Å². The summed E-state index contributed by atoms with van der Waals surface area (Å²) < 4.78 is 0. The van der Waals surface area contributed by atoms with E-state index in [0.717, 1.165) is 6.54 Å². The second kappa shape index (κ2) is 7.16. The molecular formula is C19H26N2.